The number of halogens is 1. The molecule has 0 spiro atoms. The van der Waals surface area contributed by atoms with Crippen molar-refractivity contribution in [2.24, 2.45) is 0 Å². The van der Waals surface area contributed by atoms with Crippen molar-refractivity contribution in [2.75, 3.05) is 7.05 Å². The first kappa shape index (κ1) is 12.3. The minimum absolute atomic E-state index is 1.02. The van der Waals surface area contributed by atoms with E-state index in [1.54, 1.807) is 0 Å². The molecule has 0 amide bonds. The quantitative estimate of drug-likeness (QED) is 0.802. The van der Waals surface area contributed by atoms with E-state index in [0.29, 0.717) is 0 Å². The lowest BCUT2D eigenvalue weighted by Crippen LogP contribution is -2.16. The van der Waals surface area contributed by atoms with Crippen molar-refractivity contribution in [2.45, 2.75) is 20.0 Å². The molecule has 0 radical (unpaired) electrons. The number of hydrogen-bond acceptors (Lipinski definition) is 3. The summed E-state index contributed by atoms with van der Waals surface area (Å²) in [5, 5.41) is 2.17. The Kier molecular flexibility index (Phi) is 4.19. The molecule has 1 nitrogen and oxygen atoms in total. The summed E-state index contributed by atoms with van der Waals surface area (Å²) in [4.78, 5) is 5.23. The smallest absolute Gasteiger partial charge is 0.0701 e. The summed E-state index contributed by atoms with van der Waals surface area (Å²) in [6.45, 7) is 4.24. The maximum absolute atomic E-state index is 3.50. The molecule has 4 heteroatoms. The van der Waals surface area contributed by atoms with Crippen LogP contribution in [0.3, 0.4) is 0 Å². The fraction of sp³-hybridized carbons (Fsp3) is 0.333. The standard InChI is InChI=1S/C12H14BrNS2/c1-9-5-6-15-11(9)8-14(2)7-10-3-4-12(13)16-10/h3-6H,7-8H2,1-2H3. The summed E-state index contributed by atoms with van der Waals surface area (Å²) in [6.07, 6.45) is 0. The first-order valence-corrected chi connectivity index (χ1v) is 7.60. The van der Waals surface area contributed by atoms with E-state index >= 15 is 0 Å². The predicted molar refractivity (Wildman–Crippen MR) is 76.2 cm³/mol. The molecule has 0 aliphatic heterocycles. The van der Waals surface area contributed by atoms with E-state index in [0.717, 1.165) is 13.1 Å². The van der Waals surface area contributed by atoms with Gasteiger partial charge in [0.05, 0.1) is 3.79 Å². The molecule has 0 fully saturated rings. The van der Waals surface area contributed by atoms with Crippen molar-refractivity contribution in [1.82, 2.24) is 4.90 Å². The molecule has 16 heavy (non-hydrogen) atoms. The highest BCUT2D eigenvalue weighted by Gasteiger charge is 2.06. The molecular formula is C12H14BrNS2. The number of thiophene rings is 2. The summed E-state index contributed by atoms with van der Waals surface area (Å²) in [5.74, 6) is 0. The van der Waals surface area contributed by atoms with Gasteiger partial charge >= 0.3 is 0 Å². The van der Waals surface area contributed by atoms with Crippen LogP contribution in [0.25, 0.3) is 0 Å². The molecular weight excluding hydrogens is 302 g/mol. The van der Waals surface area contributed by atoms with Crippen LogP contribution < -0.4 is 0 Å². The van der Waals surface area contributed by atoms with Crippen molar-refractivity contribution in [1.29, 1.82) is 0 Å². The Morgan fingerprint density at radius 3 is 2.62 bits per heavy atom. The molecule has 86 valence electrons. The van der Waals surface area contributed by atoms with E-state index < -0.39 is 0 Å². The van der Waals surface area contributed by atoms with Crippen LogP contribution in [0, 0.1) is 6.92 Å². The second-order valence-corrected chi connectivity index (χ2v) is 7.45. The van der Waals surface area contributed by atoms with Crippen LogP contribution in [0.5, 0.6) is 0 Å². The number of aryl methyl sites for hydroxylation is 1. The molecule has 0 aliphatic rings. The Bertz CT molecular complexity index is 461. The molecule has 0 saturated carbocycles. The molecule has 0 aliphatic carbocycles. The zero-order chi connectivity index (χ0) is 11.5. The normalized spacial score (nSPS) is 11.2. The Labute approximate surface area is 113 Å². The fourth-order valence-corrected chi connectivity index (χ4v) is 4.12. The highest BCUT2D eigenvalue weighted by molar-refractivity contribution is 9.11. The van der Waals surface area contributed by atoms with Gasteiger partial charge in [-0.2, -0.15) is 0 Å². The van der Waals surface area contributed by atoms with E-state index in [9.17, 15) is 0 Å². The molecule has 0 atom stereocenters. The molecule has 2 aromatic rings. The van der Waals surface area contributed by atoms with Gasteiger partial charge in [-0.15, -0.1) is 22.7 Å². The zero-order valence-electron chi connectivity index (χ0n) is 9.37. The summed E-state index contributed by atoms with van der Waals surface area (Å²) in [7, 11) is 2.17. The van der Waals surface area contributed by atoms with Crippen molar-refractivity contribution >= 4 is 38.6 Å². The van der Waals surface area contributed by atoms with Crippen molar-refractivity contribution in [3.8, 4) is 0 Å². The van der Waals surface area contributed by atoms with Gasteiger partial charge in [0, 0.05) is 22.8 Å². The molecule has 0 N–H and O–H groups in total. The minimum atomic E-state index is 1.02. The SMILES string of the molecule is Cc1ccsc1CN(C)Cc1ccc(Br)s1. The molecule has 0 aromatic carbocycles. The summed E-state index contributed by atoms with van der Waals surface area (Å²) >= 11 is 7.15. The summed E-state index contributed by atoms with van der Waals surface area (Å²) < 4.78 is 1.21. The fourth-order valence-electron chi connectivity index (χ4n) is 1.57. The Balaban J connectivity index is 1.94. The van der Waals surface area contributed by atoms with Crippen LogP contribution in [0.4, 0.5) is 0 Å². The van der Waals surface area contributed by atoms with Gasteiger partial charge in [0.25, 0.3) is 0 Å². The maximum Gasteiger partial charge on any atom is 0.0701 e. The second-order valence-electron chi connectivity index (χ2n) is 3.90. The number of rotatable bonds is 4. The van der Waals surface area contributed by atoms with Crippen LogP contribution in [-0.4, -0.2) is 11.9 Å². The number of nitrogens with zero attached hydrogens (tertiary/aromatic N) is 1. The lowest BCUT2D eigenvalue weighted by molar-refractivity contribution is 0.324. The van der Waals surface area contributed by atoms with E-state index in [1.807, 2.05) is 22.7 Å². The minimum Gasteiger partial charge on any atom is -0.296 e. The van der Waals surface area contributed by atoms with Crippen LogP contribution in [0.15, 0.2) is 27.4 Å². The first-order valence-electron chi connectivity index (χ1n) is 5.11. The third kappa shape index (κ3) is 3.17. The molecule has 2 aromatic heterocycles. The third-order valence-corrected chi connectivity index (χ3v) is 5.05. The van der Waals surface area contributed by atoms with Gasteiger partial charge < -0.3 is 0 Å². The van der Waals surface area contributed by atoms with Gasteiger partial charge in [0.2, 0.25) is 0 Å². The van der Waals surface area contributed by atoms with Gasteiger partial charge in [-0.05, 0) is 59.0 Å². The van der Waals surface area contributed by atoms with Gasteiger partial charge in [0.15, 0.2) is 0 Å². The van der Waals surface area contributed by atoms with Gasteiger partial charge in [-0.3, -0.25) is 4.90 Å². The molecule has 2 heterocycles. The van der Waals surface area contributed by atoms with Crippen LogP contribution in [0.1, 0.15) is 15.3 Å². The number of hydrogen-bond donors (Lipinski definition) is 0. The molecule has 0 saturated heterocycles. The molecule has 2 rings (SSSR count). The van der Waals surface area contributed by atoms with Gasteiger partial charge in [-0.25, -0.2) is 0 Å². The van der Waals surface area contributed by atoms with Crippen molar-refractivity contribution in [3.63, 3.8) is 0 Å². The van der Waals surface area contributed by atoms with Crippen molar-refractivity contribution in [3.05, 3.63) is 42.7 Å². The monoisotopic (exact) mass is 315 g/mol. The topological polar surface area (TPSA) is 3.24 Å². The van der Waals surface area contributed by atoms with Crippen LogP contribution in [0.2, 0.25) is 0 Å². The largest absolute Gasteiger partial charge is 0.296 e. The van der Waals surface area contributed by atoms with Gasteiger partial charge in [-0.1, -0.05) is 0 Å². The van der Waals surface area contributed by atoms with Crippen LogP contribution >= 0.6 is 38.6 Å². The zero-order valence-corrected chi connectivity index (χ0v) is 12.6. The van der Waals surface area contributed by atoms with E-state index in [1.165, 1.54) is 19.1 Å². The average Bonchev–Trinajstić information content (AvgIpc) is 2.77. The highest BCUT2D eigenvalue weighted by atomic mass is 79.9. The lowest BCUT2D eigenvalue weighted by Gasteiger charge is -2.14. The van der Waals surface area contributed by atoms with E-state index in [2.05, 4.69) is 58.4 Å². The first-order chi connectivity index (χ1) is 7.65. The summed E-state index contributed by atoms with van der Waals surface area (Å²) in [5.41, 5.74) is 1.41. The third-order valence-electron chi connectivity index (χ3n) is 2.44. The Hall–Kier alpha value is -0.160. The maximum atomic E-state index is 3.50. The average molecular weight is 316 g/mol. The highest BCUT2D eigenvalue weighted by Crippen LogP contribution is 2.24. The lowest BCUT2D eigenvalue weighted by atomic mass is 10.3. The van der Waals surface area contributed by atoms with Crippen molar-refractivity contribution < 1.29 is 0 Å². The Morgan fingerprint density at radius 2 is 2.06 bits per heavy atom. The summed E-state index contributed by atoms with van der Waals surface area (Å²) in [6, 6.07) is 6.49. The Morgan fingerprint density at radius 1 is 1.25 bits per heavy atom. The molecule has 0 unspecified atom stereocenters. The van der Waals surface area contributed by atoms with E-state index in [4.69, 9.17) is 0 Å². The van der Waals surface area contributed by atoms with Crippen LogP contribution in [-0.2, 0) is 13.1 Å². The predicted octanol–water partition coefficient (Wildman–Crippen LogP) is 4.51. The van der Waals surface area contributed by atoms with E-state index in [-0.39, 0.29) is 0 Å². The second kappa shape index (κ2) is 5.45. The molecule has 0 bridgehead atoms. The van der Waals surface area contributed by atoms with Gasteiger partial charge in [0.1, 0.15) is 0 Å².